The minimum Gasteiger partial charge on any atom is -0.306 e. The fraction of sp³-hybridized carbons (Fsp3) is 0.133. The van der Waals surface area contributed by atoms with Crippen molar-refractivity contribution in [1.82, 2.24) is 9.55 Å². The number of aromatic amines is 1. The molecule has 19 heavy (non-hydrogen) atoms. The lowest BCUT2D eigenvalue weighted by Gasteiger charge is -2.06. The van der Waals surface area contributed by atoms with Gasteiger partial charge in [0.2, 0.25) is 0 Å². The quantitative estimate of drug-likeness (QED) is 0.772. The molecule has 0 aliphatic rings. The number of benzene rings is 2. The van der Waals surface area contributed by atoms with Crippen molar-refractivity contribution in [2.75, 3.05) is 0 Å². The van der Waals surface area contributed by atoms with Gasteiger partial charge in [-0.05, 0) is 36.2 Å². The van der Waals surface area contributed by atoms with Crippen LogP contribution < -0.4 is 5.69 Å². The monoisotopic (exact) mass is 316 g/mol. The van der Waals surface area contributed by atoms with Gasteiger partial charge in [0.25, 0.3) is 0 Å². The van der Waals surface area contributed by atoms with Crippen molar-refractivity contribution in [3.05, 3.63) is 68.5 Å². The van der Waals surface area contributed by atoms with Crippen LogP contribution >= 0.6 is 15.9 Å². The van der Waals surface area contributed by atoms with Crippen molar-refractivity contribution in [1.29, 1.82) is 0 Å². The van der Waals surface area contributed by atoms with Crippen molar-refractivity contribution in [3.63, 3.8) is 0 Å². The number of hydrogen-bond donors (Lipinski definition) is 1. The first kappa shape index (κ1) is 12.2. The van der Waals surface area contributed by atoms with Crippen LogP contribution in [0.1, 0.15) is 11.1 Å². The lowest BCUT2D eigenvalue weighted by Crippen LogP contribution is -2.17. The summed E-state index contributed by atoms with van der Waals surface area (Å²) in [5.41, 5.74) is 3.98. The number of nitrogens with zero attached hydrogens (tertiary/aromatic N) is 1. The molecule has 1 aromatic heterocycles. The number of halogens is 1. The molecule has 2 aromatic carbocycles. The molecule has 1 heterocycles. The van der Waals surface area contributed by atoms with Crippen molar-refractivity contribution >= 4 is 27.0 Å². The number of aryl methyl sites for hydroxylation is 1. The molecule has 0 atom stereocenters. The van der Waals surface area contributed by atoms with E-state index in [0.29, 0.717) is 6.54 Å². The van der Waals surface area contributed by atoms with E-state index in [0.717, 1.165) is 26.6 Å². The van der Waals surface area contributed by atoms with Crippen molar-refractivity contribution in [3.8, 4) is 0 Å². The zero-order valence-corrected chi connectivity index (χ0v) is 12.1. The second-order valence-electron chi connectivity index (χ2n) is 4.63. The Morgan fingerprint density at radius 2 is 2.00 bits per heavy atom. The Balaban J connectivity index is 2.13. The molecular formula is C15H13BrN2O. The average Bonchev–Trinajstić information content (AvgIpc) is 2.68. The van der Waals surface area contributed by atoms with Gasteiger partial charge in [0, 0.05) is 4.47 Å². The number of rotatable bonds is 2. The lowest BCUT2D eigenvalue weighted by atomic mass is 10.2. The van der Waals surface area contributed by atoms with Crippen molar-refractivity contribution in [2.24, 2.45) is 0 Å². The highest BCUT2D eigenvalue weighted by Crippen LogP contribution is 2.19. The molecular weight excluding hydrogens is 304 g/mol. The first-order valence-electron chi connectivity index (χ1n) is 6.08. The van der Waals surface area contributed by atoms with Gasteiger partial charge in [-0.25, -0.2) is 4.79 Å². The van der Waals surface area contributed by atoms with E-state index in [-0.39, 0.29) is 5.69 Å². The first-order chi connectivity index (χ1) is 9.15. The molecule has 0 amide bonds. The zero-order valence-electron chi connectivity index (χ0n) is 10.5. The molecule has 0 fully saturated rings. The molecule has 0 aliphatic heterocycles. The molecule has 0 saturated carbocycles. The molecule has 0 bridgehead atoms. The second-order valence-corrected chi connectivity index (χ2v) is 5.48. The molecule has 1 N–H and O–H groups in total. The van der Waals surface area contributed by atoms with Crippen LogP contribution in [0.3, 0.4) is 0 Å². The number of fused-ring (bicyclic) bond motifs is 1. The maximum atomic E-state index is 12.1. The molecule has 0 spiro atoms. The van der Waals surface area contributed by atoms with Crippen LogP contribution in [0.4, 0.5) is 0 Å². The van der Waals surface area contributed by atoms with E-state index >= 15 is 0 Å². The summed E-state index contributed by atoms with van der Waals surface area (Å²) in [5.74, 6) is 0. The second kappa shape index (κ2) is 4.70. The van der Waals surface area contributed by atoms with Gasteiger partial charge < -0.3 is 4.98 Å². The Hall–Kier alpha value is -1.81. The normalized spacial score (nSPS) is 11.1. The summed E-state index contributed by atoms with van der Waals surface area (Å²) in [6.07, 6.45) is 0. The molecule has 0 aliphatic carbocycles. The van der Waals surface area contributed by atoms with Gasteiger partial charge in [-0.15, -0.1) is 0 Å². The molecule has 4 heteroatoms. The third-order valence-electron chi connectivity index (χ3n) is 3.22. The van der Waals surface area contributed by atoms with Gasteiger partial charge >= 0.3 is 5.69 Å². The molecule has 0 unspecified atom stereocenters. The average molecular weight is 317 g/mol. The van der Waals surface area contributed by atoms with Crippen molar-refractivity contribution < 1.29 is 0 Å². The predicted molar refractivity (Wildman–Crippen MR) is 80.5 cm³/mol. The van der Waals surface area contributed by atoms with Gasteiger partial charge in [-0.2, -0.15) is 0 Å². The maximum Gasteiger partial charge on any atom is 0.326 e. The van der Waals surface area contributed by atoms with Crippen LogP contribution in [0.15, 0.2) is 51.7 Å². The smallest absolute Gasteiger partial charge is 0.306 e. The molecule has 3 nitrogen and oxygen atoms in total. The van der Waals surface area contributed by atoms with Crippen LogP contribution in [0.5, 0.6) is 0 Å². The van der Waals surface area contributed by atoms with Gasteiger partial charge in [0.05, 0.1) is 17.6 Å². The molecule has 96 valence electrons. The van der Waals surface area contributed by atoms with Gasteiger partial charge in [-0.1, -0.05) is 40.2 Å². The van der Waals surface area contributed by atoms with Gasteiger partial charge in [0.1, 0.15) is 0 Å². The summed E-state index contributed by atoms with van der Waals surface area (Å²) in [6.45, 7) is 2.58. The van der Waals surface area contributed by atoms with Crippen molar-refractivity contribution in [2.45, 2.75) is 13.5 Å². The number of aromatic nitrogens is 2. The Labute approximate surface area is 119 Å². The summed E-state index contributed by atoms with van der Waals surface area (Å²) in [5, 5.41) is 0. The zero-order chi connectivity index (χ0) is 13.4. The topological polar surface area (TPSA) is 37.8 Å². The van der Waals surface area contributed by atoms with E-state index < -0.39 is 0 Å². The van der Waals surface area contributed by atoms with E-state index in [1.165, 1.54) is 0 Å². The molecule has 3 aromatic rings. The fourth-order valence-electron chi connectivity index (χ4n) is 2.23. The number of hydrogen-bond acceptors (Lipinski definition) is 1. The predicted octanol–water partition coefficient (Wildman–Crippen LogP) is 3.45. The Bertz CT molecular complexity index is 801. The first-order valence-corrected chi connectivity index (χ1v) is 6.87. The van der Waals surface area contributed by atoms with E-state index in [1.807, 2.05) is 49.4 Å². The van der Waals surface area contributed by atoms with E-state index in [9.17, 15) is 4.79 Å². The van der Waals surface area contributed by atoms with Gasteiger partial charge in [-0.3, -0.25) is 4.57 Å². The van der Waals surface area contributed by atoms with Crippen LogP contribution in [0.25, 0.3) is 11.0 Å². The summed E-state index contributed by atoms with van der Waals surface area (Å²) in [4.78, 5) is 15.0. The summed E-state index contributed by atoms with van der Waals surface area (Å²) < 4.78 is 2.78. The largest absolute Gasteiger partial charge is 0.326 e. The van der Waals surface area contributed by atoms with E-state index in [4.69, 9.17) is 0 Å². The van der Waals surface area contributed by atoms with Crippen LogP contribution in [0, 0.1) is 6.92 Å². The minimum absolute atomic E-state index is 0.0728. The Morgan fingerprint density at radius 1 is 1.21 bits per heavy atom. The Kier molecular flexibility index (Phi) is 3.03. The SMILES string of the molecule is Cc1ccc2c(c1)[nH]c(=O)n2Cc1ccccc1Br. The third kappa shape index (κ3) is 2.24. The van der Waals surface area contributed by atoms with Gasteiger partial charge in [0.15, 0.2) is 0 Å². The maximum absolute atomic E-state index is 12.1. The Morgan fingerprint density at radius 3 is 2.79 bits per heavy atom. The summed E-state index contributed by atoms with van der Waals surface area (Å²) >= 11 is 3.52. The highest BCUT2D eigenvalue weighted by molar-refractivity contribution is 9.10. The van der Waals surface area contributed by atoms with Crippen LogP contribution in [-0.4, -0.2) is 9.55 Å². The summed E-state index contributed by atoms with van der Waals surface area (Å²) in [7, 11) is 0. The number of H-pyrrole nitrogens is 1. The standard InChI is InChI=1S/C15H13BrN2O/c1-10-6-7-14-13(8-10)17-15(19)18(14)9-11-4-2-3-5-12(11)16/h2-8H,9H2,1H3,(H,17,19). The number of nitrogens with one attached hydrogen (secondary N) is 1. The van der Waals surface area contributed by atoms with E-state index in [2.05, 4.69) is 20.9 Å². The van der Waals surface area contributed by atoms with Crippen LogP contribution in [0.2, 0.25) is 0 Å². The lowest BCUT2D eigenvalue weighted by molar-refractivity contribution is 0.784. The third-order valence-corrected chi connectivity index (χ3v) is 3.99. The highest BCUT2D eigenvalue weighted by atomic mass is 79.9. The highest BCUT2D eigenvalue weighted by Gasteiger charge is 2.08. The minimum atomic E-state index is -0.0728. The fourth-order valence-corrected chi connectivity index (χ4v) is 2.64. The van der Waals surface area contributed by atoms with E-state index in [1.54, 1.807) is 4.57 Å². The van der Waals surface area contributed by atoms with Crippen LogP contribution in [-0.2, 0) is 6.54 Å². The summed E-state index contributed by atoms with van der Waals surface area (Å²) in [6, 6.07) is 13.9. The molecule has 0 saturated heterocycles. The molecule has 0 radical (unpaired) electrons. The molecule has 3 rings (SSSR count). The number of imidazole rings is 1.